The first-order valence-corrected chi connectivity index (χ1v) is 10.4. The average molecular weight is 445 g/mol. The number of hydrazone groups is 1. The number of fused-ring (bicyclic) bond motifs is 1. The van der Waals surface area contributed by atoms with Crippen LogP contribution in [0, 0.1) is 0 Å². The Balaban J connectivity index is 1.38. The van der Waals surface area contributed by atoms with Gasteiger partial charge in [-0.2, -0.15) is 5.10 Å². The summed E-state index contributed by atoms with van der Waals surface area (Å²) in [5.41, 5.74) is 4.72. The monoisotopic (exact) mass is 444 g/mol. The number of rotatable bonds is 7. The zero-order valence-corrected chi connectivity index (χ0v) is 18.2. The van der Waals surface area contributed by atoms with Crippen LogP contribution in [0.25, 0.3) is 10.8 Å². The van der Waals surface area contributed by atoms with E-state index in [0.717, 1.165) is 21.9 Å². The Kier molecular flexibility index (Phi) is 6.68. The molecule has 0 fully saturated rings. The van der Waals surface area contributed by atoms with Crippen LogP contribution in [0.4, 0.5) is 0 Å². The van der Waals surface area contributed by atoms with Gasteiger partial charge >= 0.3 is 0 Å². The maximum absolute atomic E-state index is 12.6. The summed E-state index contributed by atoms with van der Waals surface area (Å²) < 4.78 is 11.2. The molecule has 0 radical (unpaired) electrons. The van der Waals surface area contributed by atoms with Gasteiger partial charge in [-0.1, -0.05) is 54.1 Å². The molecule has 0 bridgehead atoms. The topological polar surface area (TPSA) is 59.9 Å². The van der Waals surface area contributed by atoms with Crippen LogP contribution < -0.4 is 14.9 Å². The number of nitrogens with zero attached hydrogens (tertiary/aromatic N) is 1. The molecule has 32 heavy (non-hydrogen) atoms. The van der Waals surface area contributed by atoms with E-state index in [4.69, 9.17) is 21.1 Å². The molecule has 6 heteroatoms. The number of nitrogens with one attached hydrogen (secondary N) is 1. The fourth-order valence-corrected chi connectivity index (χ4v) is 3.41. The van der Waals surface area contributed by atoms with E-state index in [2.05, 4.69) is 10.5 Å². The second kappa shape index (κ2) is 9.98. The summed E-state index contributed by atoms with van der Waals surface area (Å²) in [4.78, 5) is 12.6. The van der Waals surface area contributed by atoms with Gasteiger partial charge in [0.2, 0.25) is 0 Å². The minimum absolute atomic E-state index is 0.344. The summed E-state index contributed by atoms with van der Waals surface area (Å²) in [6, 6.07) is 26.4. The molecular weight excluding hydrogens is 424 g/mol. The first kappa shape index (κ1) is 21.4. The van der Waals surface area contributed by atoms with Crippen molar-refractivity contribution >= 4 is 34.5 Å². The van der Waals surface area contributed by atoms with Crippen molar-refractivity contribution < 1.29 is 14.3 Å². The molecule has 0 aliphatic rings. The van der Waals surface area contributed by atoms with Gasteiger partial charge in [-0.3, -0.25) is 4.79 Å². The molecule has 0 aliphatic carbocycles. The molecule has 0 heterocycles. The standard InChI is InChI=1S/C26H21ClN2O3/c1-31-25-15-20-7-3-2-6-19(20)14-23(25)26(30)29-28-16-18-10-12-22(13-11-18)32-17-21-8-4-5-9-24(21)27/h2-16H,17H2,1H3,(H,29,30)/b28-16-. The lowest BCUT2D eigenvalue weighted by atomic mass is 10.1. The van der Waals surface area contributed by atoms with Gasteiger partial charge < -0.3 is 9.47 Å². The summed E-state index contributed by atoms with van der Waals surface area (Å²) in [7, 11) is 1.54. The third-order valence-corrected chi connectivity index (χ3v) is 5.29. The first-order valence-electron chi connectivity index (χ1n) is 10.0. The molecule has 0 unspecified atom stereocenters. The van der Waals surface area contributed by atoms with Crippen molar-refractivity contribution in [2.24, 2.45) is 5.10 Å². The Morgan fingerprint density at radius 3 is 2.38 bits per heavy atom. The van der Waals surface area contributed by atoms with Crippen LogP contribution in [0.5, 0.6) is 11.5 Å². The minimum Gasteiger partial charge on any atom is -0.496 e. The molecule has 4 aromatic rings. The van der Waals surface area contributed by atoms with Crippen LogP contribution >= 0.6 is 11.6 Å². The summed E-state index contributed by atoms with van der Waals surface area (Å²) >= 11 is 6.15. The number of hydrogen-bond donors (Lipinski definition) is 1. The van der Waals surface area contributed by atoms with E-state index in [1.54, 1.807) is 19.4 Å². The van der Waals surface area contributed by atoms with Gasteiger partial charge in [0.05, 0.1) is 18.9 Å². The zero-order valence-electron chi connectivity index (χ0n) is 17.4. The third-order valence-electron chi connectivity index (χ3n) is 4.92. The Labute approximate surface area is 191 Å². The Hall–Kier alpha value is -3.83. The molecule has 5 nitrogen and oxygen atoms in total. The number of methoxy groups -OCH3 is 1. The van der Waals surface area contributed by atoms with E-state index >= 15 is 0 Å². The highest BCUT2D eigenvalue weighted by molar-refractivity contribution is 6.31. The van der Waals surface area contributed by atoms with Gasteiger partial charge in [-0.15, -0.1) is 0 Å². The molecule has 0 atom stereocenters. The SMILES string of the molecule is COc1cc2ccccc2cc1C(=O)N/N=C\c1ccc(OCc2ccccc2Cl)cc1. The fourth-order valence-electron chi connectivity index (χ4n) is 3.22. The number of hydrogen-bond acceptors (Lipinski definition) is 4. The first-order chi connectivity index (χ1) is 15.6. The van der Waals surface area contributed by atoms with Gasteiger partial charge in [0, 0.05) is 10.6 Å². The molecule has 1 amide bonds. The van der Waals surface area contributed by atoms with Crippen LogP contribution in [0.3, 0.4) is 0 Å². The van der Waals surface area contributed by atoms with E-state index in [9.17, 15) is 4.79 Å². The molecule has 0 saturated carbocycles. The summed E-state index contributed by atoms with van der Waals surface area (Å²) in [5.74, 6) is 0.868. The van der Waals surface area contributed by atoms with Gasteiger partial charge in [0.15, 0.2) is 0 Å². The summed E-state index contributed by atoms with van der Waals surface area (Å²) in [6.07, 6.45) is 1.57. The smallest absolute Gasteiger partial charge is 0.275 e. The van der Waals surface area contributed by atoms with Gasteiger partial charge in [-0.25, -0.2) is 5.43 Å². The lowest BCUT2D eigenvalue weighted by Crippen LogP contribution is -2.18. The van der Waals surface area contributed by atoms with Crippen molar-refractivity contribution in [2.75, 3.05) is 7.11 Å². The largest absolute Gasteiger partial charge is 0.496 e. The Morgan fingerprint density at radius 1 is 0.969 bits per heavy atom. The molecule has 0 saturated heterocycles. The van der Waals surface area contributed by atoms with Crippen LogP contribution in [0.2, 0.25) is 5.02 Å². The number of halogens is 1. The molecule has 4 aromatic carbocycles. The van der Waals surface area contributed by atoms with Gasteiger partial charge in [0.1, 0.15) is 18.1 Å². The number of amides is 1. The summed E-state index contributed by atoms with van der Waals surface area (Å²) in [5, 5.41) is 6.70. The normalized spacial score (nSPS) is 10.9. The maximum Gasteiger partial charge on any atom is 0.275 e. The minimum atomic E-state index is -0.344. The van der Waals surface area contributed by atoms with Gasteiger partial charge in [0.25, 0.3) is 5.91 Å². The Bertz CT molecular complexity index is 1270. The van der Waals surface area contributed by atoms with Crippen molar-refractivity contribution in [3.63, 3.8) is 0 Å². The average Bonchev–Trinajstić information content (AvgIpc) is 2.83. The van der Waals surface area contributed by atoms with E-state index in [1.807, 2.05) is 78.9 Å². The molecule has 4 rings (SSSR count). The second-order valence-corrected chi connectivity index (χ2v) is 7.46. The Morgan fingerprint density at radius 2 is 1.66 bits per heavy atom. The molecule has 160 valence electrons. The quantitative estimate of drug-likeness (QED) is 0.287. The van der Waals surface area contributed by atoms with Gasteiger partial charge in [-0.05, 0) is 58.8 Å². The molecule has 0 aliphatic heterocycles. The van der Waals surface area contributed by atoms with Crippen LogP contribution in [0.1, 0.15) is 21.5 Å². The highest BCUT2D eigenvalue weighted by Crippen LogP contribution is 2.26. The van der Waals surface area contributed by atoms with E-state index in [1.165, 1.54) is 0 Å². The highest BCUT2D eigenvalue weighted by Gasteiger charge is 2.13. The fraction of sp³-hybridized carbons (Fsp3) is 0.0769. The van der Waals surface area contributed by atoms with E-state index in [0.29, 0.717) is 28.7 Å². The lowest BCUT2D eigenvalue weighted by Gasteiger charge is -2.09. The number of carbonyl (C=O) groups excluding carboxylic acids is 1. The van der Waals surface area contributed by atoms with E-state index in [-0.39, 0.29) is 5.91 Å². The lowest BCUT2D eigenvalue weighted by molar-refractivity contribution is 0.0952. The van der Waals surface area contributed by atoms with Crippen molar-refractivity contribution in [2.45, 2.75) is 6.61 Å². The highest BCUT2D eigenvalue weighted by atomic mass is 35.5. The zero-order chi connectivity index (χ0) is 22.3. The molecule has 1 N–H and O–H groups in total. The third kappa shape index (κ3) is 5.07. The number of benzene rings is 4. The van der Waals surface area contributed by atoms with Crippen LogP contribution in [-0.2, 0) is 6.61 Å². The predicted octanol–water partition coefficient (Wildman–Crippen LogP) is 5.84. The molecule has 0 aromatic heterocycles. The number of carbonyl (C=O) groups is 1. The van der Waals surface area contributed by atoms with Crippen LogP contribution in [-0.4, -0.2) is 19.2 Å². The van der Waals surface area contributed by atoms with Crippen LogP contribution in [0.15, 0.2) is 90.0 Å². The van der Waals surface area contributed by atoms with Crippen molar-refractivity contribution in [3.05, 3.63) is 107 Å². The molecule has 0 spiro atoms. The predicted molar refractivity (Wildman–Crippen MR) is 128 cm³/mol. The van der Waals surface area contributed by atoms with Crippen molar-refractivity contribution in [3.8, 4) is 11.5 Å². The van der Waals surface area contributed by atoms with E-state index < -0.39 is 0 Å². The second-order valence-electron chi connectivity index (χ2n) is 7.05. The number of ether oxygens (including phenoxy) is 2. The summed E-state index contributed by atoms with van der Waals surface area (Å²) in [6.45, 7) is 0.386. The van der Waals surface area contributed by atoms with Crippen molar-refractivity contribution in [1.82, 2.24) is 5.43 Å². The molecular formula is C26H21ClN2O3. The maximum atomic E-state index is 12.6. The van der Waals surface area contributed by atoms with Crippen molar-refractivity contribution in [1.29, 1.82) is 0 Å².